The van der Waals surface area contributed by atoms with Crippen LogP contribution in [0, 0.1) is 10.1 Å². The van der Waals surface area contributed by atoms with Gasteiger partial charge in [-0.05, 0) is 32.4 Å². The molecule has 1 heterocycles. The lowest BCUT2D eigenvalue weighted by atomic mass is 10.1. The molecular weight excluding hydrogens is 248 g/mol. The Balaban J connectivity index is 2.41. The van der Waals surface area contributed by atoms with Crippen LogP contribution in [0.2, 0.25) is 0 Å². The number of Topliss-reactive ketones (excluding diaryl/α,β-unsaturated/α-hetero) is 1. The molecule has 1 atom stereocenters. The summed E-state index contributed by atoms with van der Waals surface area (Å²) in [7, 11) is 0. The summed E-state index contributed by atoms with van der Waals surface area (Å²) in [6, 6.07) is 4.46. The summed E-state index contributed by atoms with van der Waals surface area (Å²) in [5.41, 5.74) is -0.146. The van der Waals surface area contributed by atoms with Crippen molar-refractivity contribution in [3.8, 4) is 0 Å². The van der Waals surface area contributed by atoms with Gasteiger partial charge in [-0.2, -0.15) is 0 Å². The number of nitro groups is 1. The summed E-state index contributed by atoms with van der Waals surface area (Å²) in [5, 5.41) is 21.1. The summed E-state index contributed by atoms with van der Waals surface area (Å²) in [5.74, 6) is -0.205. The first-order chi connectivity index (χ1) is 8.80. The molecule has 1 aliphatic rings. The Morgan fingerprint density at radius 3 is 2.68 bits per heavy atom. The second-order valence-electron chi connectivity index (χ2n) is 5.19. The van der Waals surface area contributed by atoms with E-state index in [1.165, 1.54) is 13.0 Å². The number of ketones is 1. The molecule has 0 spiro atoms. The van der Waals surface area contributed by atoms with Gasteiger partial charge in [-0.15, -0.1) is 0 Å². The third-order valence-corrected chi connectivity index (χ3v) is 3.37. The number of carbonyl (C=O) groups excluding carboxylic acids is 1. The summed E-state index contributed by atoms with van der Waals surface area (Å²) < 4.78 is 0. The van der Waals surface area contributed by atoms with Gasteiger partial charge in [-0.25, -0.2) is 0 Å². The fraction of sp³-hybridized carbons (Fsp3) is 0.462. The first-order valence-electron chi connectivity index (χ1n) is 6.07. The number of hydrogen-bond donors (Lipinski definition) is 1. The Morgan fingerprint density at radius 2 is 2.21 bits per heavy atom. The Labute approximate surface area is 110 Å². The molecule has 0 bridgehead atoms. The predicted octanol–water partition coefficient (Wildman–Crippen LogP) is 1.76. The lowest BCUT2D eigenvalue weighted by Crippen LogP contribution is -2.29. The highest BCUT2D eigenvalue weighted by Crippen LogP contribution is 2.34. The van der Waals surface area contributed by atoms with Gasteiger partial charge in [-0.1, -0.05) is 0 Å². The molecule has 0 radical (unpaired) electrons. The number of rotatable bonds is 3. The predicted molar refractivity (Wildman–Crippen MR) is 70.6 cm³/mol. The monoisotopic (exact) mass is 264 g/mol. The van der Waals surface area contributed by atoms with Gasteiger partial charge in [0.25, 0.3) is 5.69 Å². The summed E-state index contributed by atoms with van der Waals surface area (Å²) in [4.78, 5) is 23.7. The zero-order chi connectivity index (χ0) is 14.2. The second-order valence-corrected chi connectivity index (χ2v) is 5.19. The molecule has 19 heavy (non-hydrogen) atoms. The highest BCUT2D eigenvalue weighted by molar-refractivity contribution is 5.95. The topological polar surface area (TPSA) is 83.7 Å². The maximum atomic E-state index is 11.3. The van der Waals surface area contributed by atoms with Crippen LogP contribution in [0.15, 0.2) is 18.2 Å². The normalized spacial score (nSPS) is 22.6. The van der Waals surface area contributed by atoms with Crippen molar-refractivity contribution in [3.63, 3.8) is 0 Å². The van der Waals surface area contributed by atoms with Gasteiger partial charge in [-0.3, -0.25) is 14.9 Å². The van der Waals surface area contributed by atoms with E-state index in [1.807, 2.05) is 0 Å². The van der Waals surface area contributed by atoms with Crippen LogP contribution in [0.3, 0.4) is 0 Å². The van der Waals surface area contributed by atoms with E-state index in [0.29, 0.717) is 30.8 Å². The van der Waals surface area contributed by atoms with E-state index in [4.69, 9.17) is 0 Å². The van der Waals surface area contributed by atoms with E-state index in [2.05, 4.69) is 0 Å². The Morgan fingerprint density at radius 1 is 1.53 bits per heavy atom. The molecule has 1 unspecified atom stereocenters. The molecule has 1 aromatic carbocycles. The Bertz CT molecular complexity index is 539. The first kappa shape index (κ1) is 13.5. The molecule has 102 valence electrons. The minimum absolute atomic E-state index is 0.0922. The van der Waals surface area contributed by atoms with Crippen LogP contribution >= 0.6 is 0 Å². The van der Waals surface area contributed by atoms with Gasteiger partial charge < -0.3 is 10.0 Å². The standard InChI is InChI=1S/C13H16N2O4/c1-9(16)10-3-4-11(12(7-10)15(18)19)14-6-5-13(2,17)8-14/h3-4,7,17H,5-6,8H2,1-2H3. The number of benzene rings is 1. The molecule has 6 heteroatoms. The van der Waals surface area contributed by atoms with Crippen LogP contribution in [-0.2, 0) is 0 Å². The second kappa shape index (κ2) is 4.62. The average Bonchev–Trinajstić information content (AvgIpc) is 2.68. The molecule has 2 rings (SSSR count). The molecule has 1 saturated heterocycles. The first-order valence-corrected chi connectivity index (χ1v) is 6.07. The van der Waals surface area contributed by atoms with Crippen molar-refractivity contribution in [1.29, 1.82) is 0 Å². The summed E-state index contributed by atoms with van der Waals surface area (Å²) in [6.45, 7) is 4.00. The largest absolute Gasteiger partial charge is 0.388 e. The molecule has 1 aliphatic heterocycles. The quantitative estimate of drug-likeness (QED) is 0.511. The average molecular weight is 264 g/mol. The van der Waals surface area contributed by atoms with Crippen molar-refractivity contribution < 1.29 is 14.8 Å². The maximum Gasteiger partial charge on any atom is 0.293 e. The van der Waals surface area contributed by atoms with E-state index < -0.39 is 10.5 Å². The van der Waals surface area contributed by atoms with Gasteiger partial charge in [0.2, 0.25) is 0 Å². The highest BCUT2D eigenvalue weighted by atomic mass is 16.6. The minimum Gasteiger partial charge on any atom is -0.388 e. The fourth-order valence-corrected chi connectivity index (χ4v) is 2.31. The Hall–Kier alpha value is -1.95. The number of carbonyl (C=O) groups is 1. The number of hydrogen-bond acceptors (Lipinski definition) is 5. The van der Waals surface area contributed by atoms with Gasteiger partial charge in [0.15, 0.2) is 5.78 Å². The van der Waals surface area contributed by atoms with Crippen LogP contribution in [0.5, 0.6) is 0 Å². The van der Waals surface area contributed by atoms with E-state index >= 15 is 0 Å². The van der Waals surface area contributed by atoms with Gasteiger partial charge in [0.05, 0.1) is 10.5 Å². The molecule has 1 fully saturated rings. The molecule has 0 saturated carbocycles. The zero-order valence-corrected chi connectivity index (χ0v) is 10.9. The summed E-state index contributed by atoms with van der Waals surface area (Å²) in [6.07, 6.45) is 0.568. The van der Waals surface area contributed by atoms with Crippen molar-refractivity contribution in [1.82, 2.24) is 0 Å². The molecule has 0 aromatic heterocycles. The van der Waals surface area contributed by atoms with Crippen LogP contribution in [-0.4, -0.2) is 34.5 Å². The van der Waals surface area contributed by atoms with Crippen molar-refractivity contribution in [2.75, 3.05) is 18.0 Å². The molecule has 1 aromatic rings. The number of anilines is 1. The van der Waals surface area contributed by atoms with E-state index in [0.717, 1.165) is 0 Å². The van der Waals surface area contributed by atoms with Crippen LogP contribution < -0.4 is 4.90 Å². The van der Waals surface area contributed by atoms with Crippen molar-refractivity contribution in [2.45, 2.75) is 25.9 Å². The number of β-amino-alcohol motifs (C(OH)–C–C–N with tert-alkyl or cyclic N) is 1. The van der Waals surface area contributed by atoms with Crippen LogP contribution in [0.1, 0.15) is 30.6 Å². The molecule has 0 amide bonds. The van der Waals surface area contributed by atoms with E-state index in [1.54, 1.807) is 24.0 Å². The number of nitro benzene ring substituents is 1. The number of nitrogens with zero attached hydrogens (tertiary/aromatic N) is 2. The van der Waals surface area contributed by atoms with Crippen molar-refractivity contribution in [3.05, 3.63) is 33.9 Å². The van der Waals surface area contributed by atoms with Gasteiger partial charge in [0.1, 0.15) is 5.69 Å². The van der Waals surface area contributed by atoms with Crippen molar-refractivity contribution >= 4 is 17.2 Å². The third-order valence-electron chi connectivity index (χ3n) is 3.37. The Kier molecular flexibility index (Phi) is 3.28. The van der Waals surface area contributed by atoms with Crippen LogP contribution in [0.4, 0.5) is 11.4 Å². The smallest absolute Gasteiger partial charge is 0.293 e. The zero-order valence-electron chi connectivity index (χ0n) is 10.9. The SMILES string of the molecule is CC(=O)c1ccc(N2CCC(C)(O)C2)c([N+](=O)[O-])c1. The lowest BCUT2D eigenvalue weighted by molar-refractivity contribution is -0.384. The summed E-state index contributed by atoms with van der Waals surface area (Å²) >= 11 is 0. The molecule has 6 nitrogen and oxygen atoms in total. The molecular formula is C13H16N2O4. The maximum absolute atomic E-state index is 11.3. The third kappa shape index (κ3) is 2.73. The van der Waals surface area contributed by atoms with E-state index in [9.17, 15) is 20.0 Å². The molecule has 1 N–H and O–H groups in total. The van der Waals surface area contributed by atoms with Crippen LogP contribution in [0.25, 0.3) is 0 Å². The fourth-order valence-electron chi connectivity index (χ4n) is 2.31. The van der Waals surface area contributed by atoms with Crippen molar-refractivity contribution in [2.24, 2.45) is 0 Å². The van der Waals surface area contributed by atoms with E-state index in [-0.39, 0.29) is 11.5 Å². The lowest BCUT2D eigenvalue weighted by Gasteiger charge is -2.20. The van der Waals surface area contributed by atoms with Gasteiger partial charge in [0, 0.05) is 24.7 Å². The van der Waals surface area contributed by atoms with Gasteiger partial charge >= 0.3 is 0 Å². The minimum atomic E-state index is -0.826. The highest BCUT2D eigenvalue weighted by Gasteiger charge is 2.34. The molecule has 0 aliphatic carbocycles. The number of aliphatic hydroxyl groups is 1.